The van der Waals surface area contributed by atoms with E-state index in [1.807, 2.05) is 24.3 Å². The van der Waals surface area contributed by atoms with Crippen molar-refractivity contribution in [2.24, 2.45) is 10.9 Å². The van der Waals surface area contributed by atoms with Crippen molar-refractivity contribution in [3.63, 3.8) is 0 Å². The third kappa shape index (κ3) is 6.07. The van der Waals surface area contributed by atoms with Crippen LogP contribution in [-0.2, 0) is 0 Å². The first-order valence-corrected chi connectivity index (χ1v) is 8.72. The molecule has 0 aliphatic carbocycles. The summed E-state index contributed by atoms with van der Waals surface area (Å²) in [4.78, 5) is 15.2. The smallest absolute Gasteiger partial charge is 0.335 e. The summed E-state index contributed by atoms with van der Waals surface area (Å²) in [6.07, 6.45) is 5.23. The van der Waals surface area contributed by atoms with Crippen molar-refractivity contribution < 1.29 is 14.6 Å². The summed E-state index contributed by atoms with van der Waals surface area (Å²) in [7, 11) is 0. The van der Waals surface area contributed by atoms with Crippen LogP contribution in [0, 0.1) is 5.92 Å². The van der Waals surface area contributed by atoms with Crippen LogP contribution >= 0.6 is 0 Å². The van der Waals surface area contributed by atoms with E-state index < -0.39 is 5.97 Å². The van der Waals surface area contributed by atoms with Gasteiger partial charge in [0.15, 0.2) is 0 Å². The molecule has 0 radical (unpaired) electrons. The van der Waals surface area contributed by atoms with Gasteiger partial charge in [0.2, 0.25) is 0 Å². The van der Waals surface area contributed by atoms with E-state index in [2.05, 4.69) is 18.8 Å². The normalized spacial score (nSPS) is 12.2. The van der Waals surface area contributed by atoms with Crippen LogP contribution in [0.2, 0.25) is 0 Å². The summed E-state index contributed by atoms with van der Waals surface area (Å²) >= 11 is 0. The highest BCUT2D eigenvalue weighted by molar-refractivity contribution is 5.89. The van der Waals surface area contributed by atoms with Crippen LogP contribution in [0.5, 0.6) is 5.75 Å². The highest BCUT2D eigenvalue weighted by Crippen LogP contribution is 2.20. The van der Waals surface area contributed by atoms with Gasteiger partial charge in [0.1, 0.15) is 5.75 Å². The predicted molar refractivity (Wildman–Crippen MR) is 101 cm³/mol. The molecule has 0 fully saturated rings. The maximum atomic E-state index is 10.8. The second-order valence-corrected chi connectivity index (χ2v) is 6.05. The number of aromatic carboxylic acids is 1. The molecule has 0 aromatic heterocycles. The minimum atomic E-state index is -0.927. The van der Waals surface area contributed by atoms with E-state index in [1.165, 1.54) is 12.8 Å². The first kappa shape index (κ1) is 18.7. The van der Waals surface area contributed by atoms with Gasteiger partial charge in [0.05, 0.1) is 17.9 Å². The molecule has 0 aliphatic rings. The minimum absolute atomic E-state index is 0.270. The fraction of sp³-hybridized carbons (Fsp3) is 0.333. The number of ether oxygens (including phenoxy) is 1. The minimum Gasteiger partial charge on any atom is -0.493 e. The van der Waals surface area contributed by atoms with E-state index in [4.69, 9.17) is 9.84 Å². The third-order valence-electron chi connectivity index (χ3n) is 4.12. The third-order valence-corrected chi connectivity index (χ3v) is 4.12. The average Bonchev–Trinajstić information content (AvgIpc) is 2.64. The lowest BCUT2D eigenvalue weighted by Crippen LogP contribution is -2.10. The van der Waals surface area contributed by atoms with Gasteiger partial charge in [-0.3, -0.25) is 4.99 Å². The largest absolute Gasteiger partial charge is 0.493 e. The van der Waals surface area contributed by atoms with E-state index in [1.54, 1.807) is 30.5 Å². The molecule has 1 unspecified atom stereocenters. The fourth-order valence-electron chi connectivity index (χ4n) is 2.52. The van der Waals surface area contributed by atoms with Gasteiger partial charge in [-0.25, -0.2) is 4.79 Å². The van der Waals surface area contributed by atoms with Gasteiger partial charge in [-0.15, -0.1) is 0 Å². The number of hydrogen-bond donors (Lipinski definition) is 1. The molecule has 0 bridgehead atoms. The molecule has 25 heavy (non-hydrogen) atoms. The molecular weight excluding hydrogens is 314 g/mol. The standard InChI is InChI=1S/C21H25NO3/c1-3-5-16(4-2)15-25-20-12-10-19(11-13-20)22-14-17-6-8-18(9-7-17)21(23)24/h6-14,16H,3-5,15H2,1-2H3,(H,23,24). The van der Waals surface area contributed by atoms with Crippen molar-refractivity contribution in [2.75, 3.05) is 6.61 Å². The summed E-state index contributed by atoms with van der Waals surface area (Å²) in [5, 5.41) is 8.89. The molecule has 0 aliphatic heterocycles. The molecule has 0 saturated heterocycles. The quantitative estimate of drug-likeness (QED) is 0.627. The average molecular weight is 339 g/mol. The zero-order valence-corrected chi connectivity index (χ0v) is 14.8. The Labute approximate surface area is 149 Å². The molecule has 4 heteroatoms. The number of carboxylic acid groups (broad SMARTS) is 1. The molecular formula is C21H25NO3. The monoisotopic (exact) mass is 339 g/mol. The molecule has 0 spiro atoms. The number of rotatable bonds is 9. The molecule has 0 saturated carbocycles. The van der Waals surface area contributed by atoms with Gasteiger partial charge in [0.25, 0.3) is 0 Å². The molecule has 1 atom stereocenters. The van der Waals surface area contributed by atoms with Crippen molar-refractivity contribution in [1.82, 2.24) is 0 Å². The van der Waals surface area contributed by atoms with E-state index in [9.17, 15) is 4.79 Å². The number of aliphatic imine (C=N–C) groups is 1. The number of carbonyl (C=O) groups is 1. The summed E-state index contributed by atoms with van der Waals surface area (Å²) in [5.41, 5.74) is 1.96. The van der Waals surface area contributed by atoms with Crippen LogP contribution in [-0.4, -0.2) is 23.9 Å². The Hall–Kier alpha value is -2.62. The van der Waals surface area contributed by atoms with E-state index >= 15 is 0 Å². The maximum absolute atomic E-state index is 10.8. The predicted octanol–water partition coefficient (Wildman–Crippen LogP) is 5.34. The van der Waals surface area contributed by atoms with Gasteiger partial charge < -0.3 is 9.84 Å². The second-order valence-electron chi connectivity index (χ2n) is 6.05. The summed E-state index contributed by atoms with van der Waals surface area (Å²) < 4.78 is 5.86. The highest BCUT2D eigenvalue weighted by atomic mass is 16.5. The van der Waals surface area contributed by atoms with Crippen molar-refractivity contribution in [1.29, 1.82) is 0 Å². The van der Waals surface area contributed by atoms with Gasteiger partial charge in [0, 0.05) is 6.21 Å². The second kappa shape index (κ2) is 9.62. The Morgan fingerprint density at radius 2 is 1.80 bits per heavy atom. The van der Waals surface area contributed by atoms with Gasteiger partial charge in [-0.1, -0.05) is 38.8 Å². The molecule has 2 aromatic rings. The Bertz CT molecular complexity index is 690. The van der Waals surface area contributed by atoms with Gasteiger partial charge in [-0.05, 0) is 54.3 Å². The Kier molecular flexibility index (Phi) is 7.20. The number of nitrogens with zero attached hydrogens (tertiary/aromatic N) is 1. The van der Waals surface area contributed by atoms with Crippen LogP contribution in [0.15, 0.2) is 53.5 Å². The number of carboxylic acids is 1. The number of benzene rings is 2. The fourth-order valence-corrected chi connectivity index (χ4v) is 2.52. The van der Waals surface area contributed by atoms with Crippen LogP contribution in [0.4, 0.5) is 5.69 Å². The molecule has 2 rings (SSSR count). The van der Waals surface area contributed by atoms with Crippen molar-refractivity contribution >= 4 is 17.9 Å². The topological polar surface area (TPSA) is 58.9 Å². The van der Waals surface area contributed by atoms with Crippen LogP contribution in [0.3, 0.4) is 0 Å². The molecule has 4 nitrogen and oxygen atoms in total. The SMILES string of the molecule is CCCC(CC)COc1ccc(N=Cc2ccc(C(=O)O)cc2)cc1. The summed E-state index contributed by atoms with van der Waals surface area (Å²) in [5.74, 6) is 0.541. The first-order valence-electron chi connectivity index (χ1n) is 8.72. The first-order chi connectivity index (χ1) is 12.1. The maximum Gasteiger partial charge on any atom is 0.335 e. The zero-order chi connectivity index (χ0) is 18.1. The molecule has 0 heterocycles. The molecule has 2 aromatic carbocycles. The van der Waals surface area contributed by atoms with Crippen molar-refractivity contribution in [3.05, 3.63) is 59.7 Å². The van der Waals surface area contributed by atoms with Crippen LogP contribution in [0.25, 0.3) is 0 Å². The summed E-state index contributed by atoms with van der Waals surface area (Å²) in [6, 6.07) is 14.3. The summed E-state index contributed by atoms with van der Waals surface area (Å²) in [6.45, 7) is 5.15. The van der Waals surface area contributed by atoms with Crippen molar-refractivity contribution in [2.45, 2.75) is 33.1 Å². The van der Waals surface area contributed by atoms with Gasteiger partial charge in [-0.2, -0.15) is 0 Å². The van der Waals surface area contributed by atoms with E-state index in [0.717, 1.165) is 30.0 Å². The van der Waals surface area contributed by atoms with E-state index in [0.29, 0.717) is 5.92 Å². The molecule has 1 N–H and O–H groups in total. The Morgan fingerprint density at radius 1 is 1.12 bits per heavy atom. The van der Waals surface area contributed by atoms with Crippen LogP contribution in [0.1, 0.15) is 49.0 Å². The lowest BCUT2D eigenvalue weighted by atomic mass is 10.0. The zero-order valence-electron chi connectivity index (χ0n) is 14.8. The number of hydrogen-bond acceptors (Lipinski definition) is 3. The Balaban J connectivity index is 1.92. The lowest BCUT2D eigenvalue weighted by Gasteiger charge is -2.14. The van der Waals surface area contributed by atoms with Gasteiger partial charge >= 0.3 is 5.97 Å². The lowest BCUT2D eigenvalue weighted by molar-refractivity contribution is 0.0697. The van der Waals surface area contributed by atoms with Crippen LogP contribution < -0.4 is 4.74 Å². The Morgan fingerprint density at radius 3 is 2.36 bits per heavy atom. The molecule has 0 amide bonds. The highest BCUT2D eigenvalue weighted by Gasteiger charge is 2.06. The molecule has 132 valence electrons. The van der Waals surface area contributed by atoms with E-state index in [-0.39, 0.29) is 5.56 Å². The van der Waals surface area contributed by atoms with Crippen molar-refractivity contribution in [3.8, 4) is 5.75 Å².